The largest absolute Gasteiger partial charge is 0.389 e. The van der Waals surface area contributed by atoms with Crippen LogP contribution < -0.4 is 0 Å². The van der Waals surface area contributed by atoms with E-state index < -0.39 is 6.10 Å². The molecule has 2 atom stereocenters. The molecule has 0 radical (unpaired) electrons. The molecular weight excluding hydrogens is 208 g/mol. The lowest BCUT2D eigenvalue weighted by Gasteiger charge is -2.22. The van der Waals surface area contributed by atoms with Gasteiger partial charge < -0.3 is 14.6 Å². The Kier molecular flexibility index (Phi) is 6.34. The van der Waals surface area contributed by atoms with Gasteiger partial charge in [0.2, 0.25) is 0 Å². The lowest BCUT2D eigenvalue weighted by molar-refractivity contribution is 0.00000632. The topological polar surface area (TPSA) is 65.7 Å². The Morgan fingerprint density at radius 3 is 3.06 bits per heavy atom. The summed E-state index contributed by atoms with van der Waals surface area (Å²) in [5.74, 6) is 0. The summed E-state index contributed by atoms with van der Waals surface area (Å²) in [5.41, 5.74) is 0. The second-order valence-corrected chi connectivity index (χ2v) is 4.00. The quantitative estimate of drug-likeness (QED) is 0.621. The summed E-state index contributed by atoms with van der Waals surface area (Å²) in [6, 6.07) is 2.22. The van der Waals surface area contributed by atoms with Crippen molar-refractivity contribution in [3.8, 4) is 6.07 Å². The minimum absolute atomic E-state index is 0.0337. The molecule has 2 unspecified atom stereocenters. The number of methoxy groups -OCH3 is 1. The highest BCUT2D eigenvalue weighted by molar-refractivity contribution is 4.96. The maximum absolute atomic E-state index is 9.71. The summed E-state index contributed by atoms with van der Waals surface area (Å²) in [7, 11) is 1.61. The Balaban J connectivity index is 2.13. The van der Waals surface area contributed by atoms with Crippen LogP contribution in [0.4, 0.5) is 0 Å². The Labute approximate surface area is 96.6 Å². The molecule has 0 bridgehead atoms. The molecule has 1 aliphatic heterocycles. The van der Waals surface area contributed by atoms with Crippen LogP contribution in [0.15, 0.2) is 0 Å². The summed E-state index contributed by atoms with van der Waals surface area (Å²) < 4.78 is 10.1. The first kappa shape index (κ1) is 13.4. The molecule has 5 heteroatoms. The molecule has 1 saturated heterocycles. The van der Waals surface area contributed by atoms with Crippen LogP contribution in [0, 0.1) is 11.3 Å². The molecule has 0 saturated carbocycles. The first-order valence-electron chi connectivity index (χ1n) is 5.66. The first-order valence-corrected chi connectivity index (χ1v) is 5.66. The third kappa shape index (κ3) is 4.45. The van der Waals surface area contributed by atoms with Crippen LogP contribution in [0.25, 0.3) is 0 Å². The highest BCUT2D eigenvalue weighted by atomic mass is 16.5. The second kappa shape index (κ2) is 7.58. The number of nitrogens with zero attached hydrogens (tertiary/aromatic N) is 2. The van der Waals surface area contributed by atoms with E-state index in [0.717, 1.165) is 19.4 Å². The summed E-state index contributed by atoms with van der Waals surface area (Å²) in [6.07, 6.45) is 1.43. The molecule has 0 amide bonds. The number of rotatable bonds is 7. The van der Waals surface area contributed by atoms with Crippen molar-refractivity contribution in [2.24, 2.45) is 0 Å². The molecule has 0 aromatic heterocycles. The predicted molar refractivity (Wildman–Crippen MR) is 58.9 cm³/mol. The summed E-state index contributed by atoms with van der Waals surface area (Å²) in [4.78, 5) is 2.02. The molecule has 0 aromatic rings. The highest BCUT2D eigenvalue weighted by Crippen LogP contribution is 2.16. The van der Waals surface area contributed by atoms with Gasteiger partial charge in [-0.3, -0.25) is 4.90 Å². The summed E-state index contributed by atoms with van der Waals surface area (Å²) in [6.45, 7) is 2.75. The van der Waals surface area contributed by atoms with Crippen LogP contribution in [0.2, 0.25) is 0 Å². The Morgan fingerprint density at radius 1 is 1.56 bits per heavy atom. The van der Waals surface area contributed by atoms with Crippen molar-refractivity contribution in [3.05, 3.63) is 0 Å². The van der Waals surface area contributed by atoms with Gasteiger partial charge in [0.25, 0.3) is 0 Å². The minimum atomic E-state index is -0.522. The number of aliphatic hydroxyl groups is 1. The average molecular weight is 228 g/mol. The van der Waals surface area contributed by atoms with Crippen LogP contribution in [0.3, 0.4) is 0 Å². The van der Waals surface area contributed by atoms with E-state index in [1.165, 1.54) is 0 Å². The number of hydrogen-bond donors (Lipinski definition) is 1. The van der Waals surface area contributed by atoms with Crippen LogP contribution in [0.5, 0.6) is 0 Å². The maximum atomic E-state index is 9.71. The first-order chi connectivity index (χ1) is 7.77. The third-order valence-electron chi connectivity index (χ3n) is 2.70. The molecule has 1 aliphatic rings. The van der Waals surface area contributed by atoms with Crippen molar-refractivity contribution >= 4 is 0 Å². The number of ether oxygens (including phenoxy) is 2. The van der Waals surface area contributed by atoms with E-state index in [1.807, 2.05) is 4.90 Å². The smallest absolute Gasteiger partial charge is 0.0979 e. The van der Waals surface area contributed by atoms with E-state index in [1.54, 1.807) is 7.11 Å². The number of likely N-dealkylation sites (tertiary alicyclic amines) is 1. The van der Waals surface area contributed by atoms with E-state index in [9.17, 15) is 5.11 Å². The van der Waals surface area contributed by atoms with Crippen molar-refractivity contribution in [3.63, 3.8) is 0 Å². The maximum Gasteiger partial charge on any atom is 0.0979 e. The molecule has 16 heavy (non-hydrogen) atoms. The highest BCUT2D eigenvalue weighted by Gasteiger charge is 2.25. The molecule has 0 spiro atoms. The molecule has 1 rings (SSSR count). The van der Waals surface area contributed by atoms with Gasteiger partial charge in [0.05, 0.1) is 38.0 Å². The molecule has 5 nitrogen and oxygen atoms in total. The molecule has 1 heterocycles. The van der Waals surface area contributed by atoms with Gasteiger partial charge in [0, 0.05) is 13.7 Å². The van der Waals surface area contributed by atoms with Gasteiger partial charge in [-0.25, -0.2) is 0 Å². The van der Waals surface area contributed by atoms with Crippen molar-refractivity contribution in [2.45, 2.75) is 25.0 Å². The molecule has 92 valence electrons. The van der Waals surface area contributed by atoms with E-state index in [-0.39, 0.29) is 6.04 Å². The van der Waals surface area contributed by atoms with Crippen molar-refractivity contribution in [2.75, 3.05) is 40.0 Å². The number of aliphatic hydroxyl groups excluding tert-OH is 1. The fourth-order valence-electron chi connectivity index (χ4n) is 1.88. The zero-order chi connectivity index (χ0) is 11.8. The van der Waals surface area contributed by atoms with Crippen molar-refractivity contribution in [1.29, 1.82) is 5.26 Å². The van der Waals surface area contributed by atoms with Gasteiger partial charge >= 0.3 is 0 Å². The number of nitriles is 1. The Hall–Kier alpha value is -0.670. The summed E-state index contributed by atoms with van der Waals surface area (Å²) >= 11 is 0. The van der Waals surface area contributed by atoms with Crippen molar-refractivity contribution < 1.29 is 14.6 Å². The average Bonchev–Trinajstić information content (AvgIpc) is 2.71. The normalized spacial score (nSPS) is 23.2. The van der Waals surface area contributed by atoms with Crippen LogP contribution in [0.1, 0.15) is 12.8 Å². The Bertz CT molecular complexity index is 230. The Morgan fingerprint density at radius 2 is 2.38 bits per heavy atom. The molecular formula is C11H20N2O3. The van der Waals surface area contributed by atoms with E-state index in [4.69, 9.17) is 14.7 Å². The lowest BCUT2D eigenvalue weighted by atomic mass is 10.2. The van der Waals surface area contributed by atoms with Gasteiger partial charge in [0.1, 0.15) is 0 Å². The fourth-order valence-corrected chi connectivity index (χ4v) is 1.88. The molecule has 1 N–H and O–H groups in total. The van der Waals surface area contributed by atoms with Gasteiger partial charge in [-0.05, 0) is 19.4 Å². The van der Waals surface area contributed by atoms with Gasteiger partial charge in [-0.1, -0.05) is 0 Å². The standard InChI is InChI=1S/C11H20N2O3/c1-15-5-6-16-9-11(14)8-13-4-2-3-10(13)7-12/h10-11,14H,2-6,8-9H2,1H3. The monoisotopic (exact) mass is 228 g/mol. The lowest BCUT2D eigenvalue weighted by Crippen LogP contribution is -2.37. The van der Waals surface area contributed by atoms with Gasteiger partial charge in [-0.2, -0.15) is 5.26 Å². The second-order valence-electron chi connectivity index (χ2n) is 4.00. The minimum Gasteiger partial charge on any atom is -0.389 e. The zero-order valence-electron chi connectivity index (χ0n) is 9.76. The predicted octanol–water partition coefficient (Wildman–Crippen LogP) is -0.00172. The molecule has 1 fully saturated rings. The van der Waals surface area contributed by atoms with Crippen LogP contribution >= 0.6 is 0 Å². The molecule has 0 aliphatic carbocycles. The molecule has 0 aromatic carbocycles. The van der Waals surface area contributed by atoms with E-state index >= 15 is 0 Å². The van der Waals surface area contributed by atoms with Crippen LogP contribution in [-0.4, -0.2) is 62.2 Å². The van der Waals surface area contributed by atoms with E-state index in [0.29, 0.717) is 26.4 Å². The van der Waals surface area contributed by atoms with E-state index in [2.05, 4.69) is 6.07 Å². The van der Waals surface area contributed by atoms with Gasteiger partial charge in [0.15, 0.2) is 0 Å². The SMILES string of the molecule is COCCOCC(O)CN1CCCC1C#N. The zero-order valence-corrected chi connectivity index (χ0v) is 9.76. The van der Waals surface area contributed by atoms with Crippen LogP contribution in [-0.2, 0) is 9.47 Å². The third-order valence-corrected chi connectivity index (χ3v) is 2.70. The number of β-amino-alcohol motifs (C(OH)–C–C–N with tert-alkyl or cyclic N) is 1. The fraction of sp³-hybridized carbons (Fsp3) is 0.909. The summed E-state index contributed by atoms with van der Waals surface area (Å²) in [5, 5.41) is 18.6. The van der Waals surface area contributed by atoms with Crippen molar-refractivity contribution in [1.82, 2.24) is 4.90 Å². The van der Waals surface area contributed by atoms with Gasteiger partial charge in [-0.15, -0.1) is 0 Å². The number of hydrogen-bond acceptors (Lipinski definition) is 5.